The van der Waals surface area contributed by atoms with Crippen molar-refractivity contribution >= 4 is 16.1 Å². The van der Waals surface area contributed by atoms with Crippen LogP contribution < -0.4 is 0 Å². The van der Waals surface area contributed by atoms with E-state index in [0.717, 1.165) is 13.8 Å². The maximum absolute atomic E-state index is 13.3. The molecule has 0 saturated heterocycles. The highest BCUT2D eigenvalue weighted by atomic mass is 32.2. The maximum Gasteiger partial charge on any atom is 0.421 e. The van der Waals surface area contributed by atoms with Gasteiger partial charge in [-0.15, -0.1) is 0 Å². The summed E-state index contributed by atoms with van der Waals surface area (Å²) >= 11 is 0. The molecule has 0 saturated carbocycles. The van der Waals surface area contributed by atoms with Crippen LogP contribution in [0.25, 0.3) is 0 Å². The first-order chi connectivity index (χ1) is 10.0. The van der Waals surface area contributed by atoms with Gasteiger partial charge in [0.1, 0.15) is 0 Å². The molecule has 6 nitrogen and oxygen atoms in total. The Morgan fingerprint density at radius 2 is 1.65 bits per heavy atom. The lowest BCUT2D eigenvalue weighted by atomic mass is 10.1. The Balaban J connectivity index is 5.22. The van der Waals surface area contributed by atoms with Crippen LogP contribution in [0.3, 0.4) is 0 Å². The Kier molecular flexibility index (Phi) is 6.94. The fourth-order valence-electron chi connectivity index (χ4n) is 1.35. The van der Waals surface area contributed by atoms with Gasteiger partial charge in [0.15, 0.2) is 10.1 Å². The lowest BCUT2D eigenvalue weighted by molar-refractivity contribution is -0.291. The van der Waals surface area contributed by atoms with Gasteiger partial charge in [0, 0.05) is 12.8 Å². The average molecular weight is 371 g/mol. The van der Waals surface area contributed by atoms with Crippen molar-refractivity contribution in [3.63, 3.8) is 0 Å². The Morgan fingerprint density at radius 1 is 1.17 bits per heavy atom. The largest absolute Gasteiger partial charge is 0.743 e. The molecule has 0 aromatic carbocycles. The lowest BCUT2D eigenvalue weighted by Crippen LogP contribution is -2.54. The number of carbonyl (C=O) groups excluding carboxylic acids is 1. The fraction of sp³-hybridized carbons (Fsp3) is 0.909. The van der Waals surface area contributed by atoms with Crippen molar-refractivity contribution < 1.29 is 49.2 Å². The molecule has 0 fully saturated rings. The van der Waals surface area contributed by atoms with E-state index in [4.69, 9.17) is 0 Å². The van der Waals surface area contributed by atoms with Gasteiger partial charge in [-0.25, -0.2) is 8.42 Å². The molecule has 0 heterocycles. The molecule has 0 aromatic rings. The Bertz CT molecular complexity index is 513. The van der Waals surface area contributed by atoms with E-state index in [0.29, 0.717) is 0 Å². The van der Waals surface area contributed by atoms with Gasteiger partial charge in [0.25, 0.3) is 0 Å². The van der Waals surface area contributed by atoms with E-state index < -0.39 is 52.3 Å². The molecule has 0 rings (SSSR count). The van der Waals surface area contributed by atoms with Crippen LogP contribution >= 0.6 is 0 Å². The highest BCUT2D eigenvalue weighted by molar-refractivity contribution is 7.86. The standard InChI is InChI=1S/C11H17F5O6S/c1-4-7(17)21-6-5-9(2,3)22-8(10(12,13)14)11(15,16)23(18,19)20/h8H,4-6H2,1-3H3,(H,18,19,20)/p-1. The van der Waals surface area contributed by atoms with Crippen molar-refractivity contribution in [1.29, 1.82) is 0 Å². The first-order valence-electron chi connectivity index (χ1n) is 6.28. The van der Waals surface area contributed by atoms with Gasteiger partial charge in [-0.2, -0.15) is 22.0 Å². The second-order valence-electron chi connectivity index (χ2n) is 5.14. The normalized spacial score (nSPS) is 15.3. The topological polar surface area (TPSA) is 92.7 Å². The molecule has 0 aliphatic rings. The number of hydrogen-bond acceptors (Lipinski definition) is 6. The Hall–Kier alpha value is -1.01. The van der Waals surface area contributed by atoms with Crippen LogP contribution in [0.2, 0.25) is 0 Å². The third-order valence-corrected chi connectivity index (χ3v) is 3.51. The van der Waals surface area contributed by atoms with Gasteiger partial charge in [-0.1, -0.05) is 6.92 Å². The third kappa shape index (κ3) is 6.55. The molecule has 0 N–H and O–H groups in total. The van der Waals surface area contributed by atoms with Crippen LogP contribution in [0.1, 0.15) is 33.6 Å². The molecule has 0 aromatic heterocycles. The van der Waals surface area contributed by atoms with Crippen LogP contribution in [0, 0.1) is 0 Å². The van der Waals surface area contributed by atoms with Crippen molar-refractivity contribution in [2.45, 2.75) is 56.7 Å². The zero-order valence-electron chi connectivity index (χ0n) is 12.4. The molecule has 0 spiro atoms. The first-order valence-corrected chi connectivity index (χ1v) is 7.69. The van der Waals surface area contributed by atoms with Gasteiger partial charge >= 0.3 is 17.4 Å². The van der Waals surface area contributed by atoms with Gasteiger partial charge in [0.2, 0.25) is 6.10 Å². The van der Waals surface area contributed by atoms with Gasteiger partial charge in [0.05, 0.1) is 12.2 Å². The minimum atomic E-state index is -6.61. The van der Waals surface area contributed by atoms with E-state index in [2.05, 4.69) is 9.47 Å². The summed E-state index contributed by atoms with van der Waals surface area (Å²) in [7, 11) is -6.61. The molecule has 0 aliphatic carbocycles. The molecule has 12 heteroatoms. The van der Waals surface area contributed by atoms with Gasteiger partial charge in [-0.05, 0) is 13.8 Å². The van der Waals surface area contributed by atoms with E-state index in [-0.39, 0.29) is 6.42 Å². The summed E-state index contributed by atoms with van der Waals surface area (Å²) in [4.78, 5) is 10.9. The quantitative estimate of drug-likeness (QED) is 0.369. The summed E-state index contributed by atoms with van der Waals surface area (Å²) in [6.45, 7) is 2.95. The highest BCUT2D eigenvalue weighted by Gasteiger charge is 2.62. The van der Waals surface area contributed by atoms with Crippen LogP contribution in [0.15, 0.2) is 0 Å². The monoisotopic (exact) mass is 371 g/mol. The first kappa shape index (κ1) is 22.0. The van der Waals surface area contributed by atoms with Crippen LogP contribution in [0.5, 0.6) is 0 Å². The van der Waals surface area contributed by atoms with Crippen molar-refractivity contribution in [2.75, 3.05) is 6.61 Å². The number of hydrogen-bond donors (Lipinski definition) is 0. The molecular formula is C11H16F5O6S-. The number of carbonyl (C=O) groups is 1. The molecule has 23 heavy (non-hydrogen) atoms. The second-order valence-corrected chi connectivity index (χ2v) is 6.59. The van der Waals surface area contributed by atoms with Crippen molar-refractivity contribution in [2.24, 2.45) is 0 Å². The van der Waals surface area contributed by atoms with E-state index in [1.807, 2.05) is 0 Å². The van der Waals surface area contributed by atoms with Crippen LogP contribution in [-0.4, -0.2) is 48.7 Å². The van der Waals surface area contributed by atoms with Crippen molar-refractivity contribution in [3.8, 4) is 0 Å². The third-order valence-electron chi connectivity index (χ3n) is 2.63. The summed E-state index contributed by atoms with van der Waals surface area (Å²) in [5.41, 5.74) is -1.94. The maximum atomic E-state index is 13.3. The smallest absolute Gasteiger partial charge is 0.421 e. The summed E-state index contributed by atoms with van der Waals surface area (Å²) in [6, 6.07) is 0. The summed E-state index contributed by atoms with van der Waals surface area (Å²) in [5.74, 6) is -0.666. The van der Waals surface area contributed by atoms with E-state index in [1.165, 1.54) is 6.92 Å². The lowest BCUT2D eigenvalue weighted by Gasteiger charge is -2.36. The molecule has 0 amide bonds. The highest BCUT2D eigenvalue weighted by Crippen LogP contribution is 2.40. The number of alkyl halides is 5. The number of halogens is 5. The van der Waals surface area contributed by atoms with Crippen LogP contribution in [-0.2, 0) is 24.4 Å². The molecule has 0 aliphatic heterocycles. The average Bonchev–Trinajstić information content (AvgIpc) is 2.32. The second kappa shape index (κ2) is 7.26. The predicted molar refractivity (Wildman–Crippen MR) is 65.5 cm³/mol. The SMILES string of the molecule is CCC(=O)OCCC(C)(C)OC(C(F)(F)F)C(F)(F)S(=O)(=O)[O-]. The Morgan fingerprint density at radius 3 is 2.00 bits per heavy atom. The molecule has 0 radical (unpaired) electrons. The van der Waals surface area contributed by atoms with Gasteiger partial charge < -0.3 is 14.0 Å². The van der Waals surface area contributed by atoms with Crippen molar-refractivity contribution in [1.82, 2.24) is 0 Å². The summed E-state index contributed by atoms with van der Waals surface area (Å²) < 4.78 is 105. The molecule has 1 atom stereocenters. The fourth-order valence-corrected chi connectivity index (χ4v) is 1.79. The zero-order valence-corrected chi connectivity index (χ0v) is 13.3. The molecule has 1 unspecified atom stereocenters. The number of esters is 1. The summed E-state index contributed by atoms with van der Waals surface area (Å²) in [5, 5.41) is -5.71. The number of ether oxygens (including phenoxy) is 2. The van der Waals surface area contributed by atoms with E-state index in [1.54, 1.807) is 0 Å². The Labute approximate surface area is 129 Å². The van der Waals surface area contributed by atoms with Gasteiger partial charge in [-0.3, -0.25) is 4.79 Å². The molecular weight excluding hydrogens is 355 g/mol. The molecule has 0 bridgehead atoms. The van der Waals surface area contributed by atoms with E-state index in [9.17, 15) is 39.7 Å². The predicted octanol–water partition coefficient (Wildman–Crippen LogP) is 2.19. The minimum absolute atomic E-state index is 0.00103. The number of rotatable bonds is 8. The van der Waals surface area contributed by atoms with Crippen LogP contribution in [0.4, 0.5) is 22.0 Å². The summed E-state index contributed by atoms with van der Waals surface area (Å²) in [6.07, 6.45) is -10.4. The zero-order chi connectivity index (χ0) is 18.7. The minimum Gasteiger partial charge on any atom is -0.743 e. The van der Waals surface area contributed by atoms with Crippen molar-refractivity contribution in [3.05, 3.63) is 0 Å². The van der Waals surface area contributed by atoms with E-state index >= 15 is 0 Å². The molecule has 138 valence electrons.